The van der Waals surface area contributed by atoms with Gasteiger partial charge in [0.15, 0.2) is 0 Å². The van der Waals surface area contributed by atoms with Crippen molar-refractivity contribution >= 4 is 29.6 Å². The Morgan fingerprint density at radius 2 is 1.72 bits per heavy atom. The standard InChI is InChI=1S/C19H13F4N3O3/c20-13-3-1-2-4-14(13)24-16(27)10-26-17(28)15(25-18(26)29)9-11-5-7-12(8-6-11)19(21,22)23/h1-9H,10H2,(H,24,27)(H,25,29)/b15-9+. The Morgan fingerprint density at radius 1 is 1.07 bits per heavy atom. The minimum absolute atomic E-state index is 0.106. The first-order valence-electron chi connectivity index (χ1n) is 8.21. The summed E-state index contributed by atoms with van der Waals surface area (Å²) in [7, 11) is 0. The van der Waals surface area contributed by atoms with E-state index in [4.69, 9.17) is 0 Å². The molecule has 150 valence electrons. The zero-order valence-corrected chi connectivity index (χ0v) is 14.6. The molecule has 3 rings (SSSR count). The average molecular weight is 407 g/mol. The number of nitrogens with one attached hydrogen (secondary N) is 2. The van der Waals surface area contributed by atoms with Crippen LogP contribution in [0.3, 0.4) is 0 Å². The number of amides is 4. The Morgan fingerprint density at radius 3 is 2.34 bits per heavy atom. The third-order valence-electron chi connectivity index (χ3n) is 3.96. The second kappa shape index (κ2) is 7.74. The number of nitrogens with zero attached hydrogens (tertiary/aromatic N) is 1. The lowest BCUT2D eigenvalue weighted by atomic mass is 10.1. The quantitative estimate of drug-likeness (QED) is 0.464. The number of carbonyl (C=O) groups excluding carboxylic acids is 3. The monoisotopic (exact) mass is 407 g/mol. The van der Waals surface area contributed by atoms with Gasteiger partial charge >= 0.3 is 12.2 Å². The van der Waals surface area contributed by atoms with Crippen molar-refractivity contribution in [2.24, 2.45) is 0 Å². The molecule has 0 atom stereocenters. The van der Waals surface area contributed by atoms with Crippen LogP contribution in [-0.4, -0.2) is 29.3 Å². The Hall–Kier alpha value is -3.69. The highest BCUT2D eigenvalue weighted by Gasteiger charge is 2.35. The molecule has 4 amide bonds. The van der Waals surface area contributed by atoms with Crippen molar-refractivity contribution < 1.29 is 31.9 Å². The van der Waals surface area contributed by atoms with E-state index < -0.39 is 41.9 Å². The molecule has 0 aromatic heterocycles. The lowest BCUT2D eigenvalue weighted by molar-refractivity contribution is -0.137. The summed E-state index contributed by atoms with van der Waals surface area (Å²) in [6, 6.07) is 8.46. The smallest absolute Gasteiger partial charge is 0.322 e. The number of alkyl halides is 3. The molecule has 1 aliphatic rings. The Bertz CT molecular complexity index is 1000. The lowest BCUT2D eigenvalue weighted by Gasteiger charge is -2.12. The first-order valence-corrected chi connectivity index (χ1v) is 8.21. The van der Waals surface area contributed by atoms with Crippen LogP contribution in [-0.2, 0) is 15.8 Å². The van der Waals surface area contributed by atoms with Gasteiger partial charge in [-0.15, -0.1) is 0 Å². The number of benzene rings is 2. The number of carbonyl (C=O) groups is 3. The Balaban J connectivity index is 1.70. The van der Waals surface area contributed by atoms with Gasteiger partial charge in [-0.3, -0.25) is 9.59 Å². The molecule has 0 radical (unpaired) electrons. The maximum Gasteiger partial charge on any atom is 0.416 e. The van der Waals surface area contributed by atoms with E-state index in [1.54, 1.807) is 0 Å². The molecule has 6 nitrogen and oxygen atoms in total. The Kier molecular flexibility index (Phi) is 5.35. The summed E-state index contributed by atoms with van der Waals surface area (Å²) in [5, 5.41) is 4.50. The van der Waals surface area contributed by atoms with Gasteiger partial charge in [-0.2, -0.15) is 13.2 Å². The van der Waals surface area contributed by atoms with E-state index in [0.29, 0.717) is 4.90 Å². The van der Waals surface area contributed by atoms with Gasteiger partial charge in [0.25, 0.3) is 5.91 Å². The van der Waals surface area contributed by atoms with Gasteiger partial charge in [0.1, 0.15) is 18.1 Å². The van der Waals surface area contributed by atoms with Crippen LogP contribution in [0.2, 0.25) is 0 Å². The third kappa shape index (κ3) is 4.60. The second-order valence-corrected chi connectivity index (χ2v) is 6.03. The van der Waals surface area contributed by atoms with E-state index in [1.165, 1.54) is 24.3 Å². The molecule has 0 bridgehead atoms. The van der Waals surface area contributed by atoms with Gasteiger partial charge in [-0.25, -0.2) is 14.1 Å². The first kappa shape index (κ1) is 20.1. The fourth-order valence-electron chi connectivity index (χ4n) is 2.55. The van der Waals surface area contributed by atoms with E-state index in [9.17, 15) is 31.9 Å². The van der Waals surface area contributed by atoms with Crippen LogP contribution in [0.4, 0.5) is 28.0 Å². The molecule has 0 aliphatic carbocycles. The number of anilines is 1. The zero-order valence-electron chi connectivity index (χ0n) is 14.6. The maximum absolute atomic E-state index is 13.6. The molecule has 0 unspecified atom stereocenters. The van der Waals surface area contributed by atoms with E-state index in [2.05, 4.69) is 10.6 Å². The van der Waals surface area contributed by atoms with E-state index in [-0.39, 0.29) is 16.9 Å². The largest absolute Gasteiger partial charge is 0.416 e. The number of hydrogen-bond donors (Lipinski definition) is 2. The van der Waals surface area contributed by atoms with Crippen LogP contribution in [0.1, 0.15) is 11.1 Å². The summed E-state index contributed by atoms with van der Waals surface area (Å²) in [5.41, 5.74) is -0.911. The number of imide groups is 1. The van der Waals surface area contributed by atoms with Crippen LogP contribution in [0.25, 0.3) is 6.08 Å². The van der Waals surface area contributed by atoms with Crippen molar-refractivity contribution in [3.05, 3.63) is 71.2 Å². The van der Waals surface area contributed by atoms with Crippen molar-refractivity contribution in [3.63, 3.8) is 0 Å². The number of para-hydroxylation sites is 1. The molecular formula is C19H13F4N3O3. The van der Waals surface area contributed by atoms with Gasteiger partial charge in [-0.05, 0) is 35.9 Å². The third-order valence-corrected chi connectivity index (χ3v) is 3.96. The predicted molar refractivity (Wildman–Crippen MR) is 94.7 cm³/mol. The van der Waals surface area contributed by atoms with Crippen LogP contribution in [0.5, 0.6) is 0 Å². The SMILES string of the molecule is O=C(CN1C(=O)N/C(=C/c2ccc(C(F)(F)F)cc2)C1=O)Nc1ccccc1F. The molecule has 10 heteroatoms. The van der Waals surface area contributed by atoms with E-state index in [1.807, 2.05) is 0 Å². The van der Waals surface area contributed by atoms with Gasteiger partial charge in [0, 0.05) is 0 Å². The molecule has 0 spiro atoms. The average Bonchev–Trinajstić information content (AvgIpc) is 2.91. The highest BCUT2D eigenvalue weighted by molar-refractivity contribution is 6.15. The molecule has 1 fully saturated rings. The van der Waals surface area contributed by atoms with Crippen LogP contribution < -0.4 is 10.6 Å². The number of urea groups is 1. The maximum atomic E-state index is 13.6. The number of hydrogen-bond acceptors (Lipinski definition) is 3. The summed E-state index contributed by atoms with van der Waals surface area (Å²) < 4.78 is 51.4. The van der Waals surface area contributed by atoms with Crippen LogP contribution >= 0.6 is 0 Å². The molecule has 2 aromatic carbocycles. The summed E-state index contributed by atoms with van der Waals surface area (Å²) >= 11 is 0. The molecule has 29 heavy (non-hydrogen) atoms. The summed E-state index contributed by atoms with van der Waals surface area (Å²) in [6.45, 7) is -0.663. The highest BCUT2D eigenvalue weighted by atomic mass is 19.4. The van der Waals surface area contributed by atoms with Crippen molar-refractivity contribution in [1.82, 2.24) is 10.2 Å². The van der Waals surface area contributed by atoms with Crippen molar-refractivity contribution in [2.75, 3.05) is 11.9 Å². The first-order chi connectivity index (χ1) is 13.6. The Labute approximate surface area is 161 Å². The molecule has 2 N–H and O–H groups in total. The highest BCUT2D eigenvalue weighted by Crippen LogP contribution is 2.29. The number of halogens is 4. The molecule has 1 aliphatic heterocycles. The molecule has 2 aromatic rings. The van der Waals surface area contributed by atoms with Gasteiger partial charge < -0.3 is 10.6 Å². The molecule has 1 saturated heterocycles. The van der Waals surface area contributed by atoms with Crippen molar-refractivity contribution in [3.8, 4) is 0 Å². The summed E-state index contributed by atoms with van der Waals surface area (Å²) in [5.74, 6) is -2.31. The van der Waals surface area contributed by atoms with Gasteiger partial charge in [0.2, 0.25) is 5.91 Å². The van der Waals surface area contributed by atoms with E-state index >= 15 is 0 Å². The summed E-state index contributed by atoms with van der Waals surface area (Å²) in [4.78, 5) is 37.0. The van der Waals surface area contributed by atoms with Crippen molar-refractivity contribution in [1.29, 1.82) is 0 Å². The van der Waals surface area contributed by atoms with Crippen LogP contribution in [0.15, 0.2) is 54.2 Å². The topological polar surface area (TPSA) is 78.5 Å². The minimum atomic E-state index is -4.49. The van der Waals surface area contributed by atoms with Crippen molar-refractivity contribution in [2.45, 2.75) is 6.18 Å². The second-order valence-electron chi connectivity index (χ2n) is 6.03. The normalized spacial score (nSPS) is 15.6. The minimum Gasteiger partial charge on any atom is -0.322 e. The fourth-order valence-corrected chi connectivity index (χ4v) is 2.55. The molecule has 1 heterocycles. The fraction of sp³-hybridized carbons (Fsp3) is 0.105. The predicted octanol–water partition coefficient (Wildman–Crippen LogP) is 3.38. The molecular weight excluding hydrogens is 394 g/mol. The van der Waals surface area contributed by atoms with E-state index in [0.717, 1.165) is 30.3 Å². The number of rotatable bonds is 4. The molecule has 0 saturated carbocycles. The van der Waals surface area contributed by atoms with Crippen LogP contribution in [0, 0.1) is 5.82 Å². The lowest BCUT2D eigenvalue weighted by Crippen LogP contribution is -2.38. The van der Waals surface area contributed by atoms with Gasteiger partial charge in [0.05, 0.1) is 11.3 Å². The zero-order chi connectivity index (χ0) is 21.2. The summed E-state index contributed by atoms with van der Waals surface area (Å²) in [6.07, 6.45) is -3.30. The van der Waals surface area contributed by atoms with Gasteiger partial charge in [-0.1, -0.05) is 24.3 Å².